The van der Waals surface area contributed by atoms with E-state index in [1.165, 1.54) is 4.90 Å². The molecule has 1 spiro atoms. The number of hydrogen-bond acceptors (Lipinski definition) is 6. The number of anilines is 1. The molecule has 37 heavy (non-hydrogen) atoms. The summed E-state index contributed by atoms with van der Waals surface area (Å²) < 4.78 is 12.2. The van der Waals surface area contributed by atoms with E-state index in [0.717, 1.165) is 0 Å². The zero-order valence-electron chi connectivity index (χ0n) is 22.0. The number of esters is 1. The highest BCUT2D eigenvalue weighted by Crippen LogP contribution is 2.65. The van der Waals surface area contributed by atoms with Crippen LogP contribution in [-0.4, -0.2) is 70.8 Å². The average Bonchev–Trinajstić information content (AvgIpc) is 3.47. The minimum Gasteiger partial charge on any atom is -0.466 e. The van der Waals surface area contributed by atoms with Crippen LogP contribution in [0.5, 0.6) is 0 Å². The van der Waals surface area contributed by atoms with Crippen molar-refractivity contribution in [3.8, 4) is 0 Å². The number of hydrogen-bond donors (Lipinski definition) is 1. The van der Waals surface area contributed by atoms with Crippen LogP contribution in [0.2, 0.25) is 5.02 Å². The van der Waals surface area contributed by atoms with E-state index in [0.29, 0.717) is 30.0 Å². The van der Waals surface area contributed by atoms with Crippen molar-refractivity contribution in [1.82, 2.24) is 4.90 Å². The van der Waals surface area contributed by atoms with Gasteiger partial charge < -0.3 is 24.4 Å². The van der Waals surface area contributed by atoms with Gasteiger partial charge in [0.05, 0.1) is 30.8 Å². The lowest BCUT2D eigenvalue weighted by molar-refractivity contribution is -0.162. The SMILES string of the molecule is C=CCN(C(=O)C1N([C@@H](CO)C(C)C)C(=O)[C@@H]2[C@@H](C(=O)OCC)[C@@]3(CC)CCC12O3)c1ccc(Cl)cc1. The molecular weight excluding hydrogens is 496 g/mol. The predicted molar refractivity (Wildman–Crippen MR) is 140 cm³/mol. The van der Waals surface area contributed by atoms with Gasteiger partial charge in [-0.2, -0.15) is 0 Å². The van der Waals surface area contributed by atoms with Gasteiger partial charge in [-0.1, -0.05) is 38.4 Å². The van der Waals surface area contributed by atoms with Crippen LogP contribution in [0.15, 0.2) is 36.9 Å². The fourth-order valence-corrected chi connectivity index (χ4v) is 6.85. The molecule has 1 aromatic carbocycles. The Labute approximate surface area is 223 Å². The quantitative estimate of drug-likeness (QED) is 0.365. The highest BCUT2D eigenvalue weighted by molar-refractivity contribution is 6.30. The number of rotatable bonds is 10. The lowest BCUT2D eigenvalue weighted by Crippen LogP contribution is -2.60. The molecule has 3 aliphatic heterocycles. The number of halogens is 1. The van der Waals surface area contributed by atoms with Gasteiger partial charge in [-0.05, 0) is 56.4 Å². The Hall–Kier alpha value is -2.42. The maximum atomic E-state index is 14.5. The molecule has 3 fully saturated rings. The number of ether oxygens (including phenoxy) is 2. The van der Waals surface area contributed by atoms with Crippen LogP contribution in [0.1, 0.15) is 47.0 Å². The molecule has 202 valence electrons. The second kappa shape index (κ2) is 10.4. The summed E-state index contributed by atoms with van der Waals surface area (Å²) in [5, 5.41) is 10.9. The van der Waals surface area contributed by atoms with E-state index in [4.69, 9.17) is 21.1 Å². The van der Waals surface area contributed by atoms with Gasteiger partial charge in [0, 0.05) is 17.3 Å². The van der Waals surface area contributed by atoms with Crippen molar-refractivity contribution in [3.05, 3.63) is 41.9 Å². The third kappa shape index (κ3) is 4.17. The van der Waals surface area contributed by atoms with E-state index in [9.17, 15) is 19.5 Å². The molecule has 0 radical (unpaired) electrons. The van der Waals surface area contributed by atoms with Crippen LogP contribution in [0.25, 0.3) is 0 Å². The Morgan fingerprint density at radius 1 is 1.30 bits per heavy atom. The van der Waals surface area contributed by atoms with Crippen molar-refractivity contribution >= 4 is 35.1 Å². The van der Waals surface area contributed by atoms with Crippen molar-refractivity contribution < 1.29 is 29.0 Å². The third-order valence-corrected chi connectivity index (χ3v) is 8.68. The first kappa shape index (κ1) is 27.6. The minimum absolute atomic E-state index is 0.138. The van der Waals surface area contributed by atoms with Gasteiger partial charge in [0.2, 0.25) is 5.91 Å². The van der Waals surface area contributed by atoms with Crippen molar-refractivity contribution in [2.75, 3.05) is 24.7 Å². The number of aliphatic hydroxyl groups is 1. The second-order valence-electron chi connectivity index (χ2n) is 10.5. The zero-order valence-corrected chi connectivity index (χ0v) is 22.7. The zero-order chi connectivity index (χ0) is 27.1. The minimum atomic E-state index is -1.20. The molecule has 3 heterocycles. The molecular formula is C28H37ClN2O6. The Morgan fingerprint density at radius 3 is 2.51 bits per heavy atom. The molecule has 1 N–H and O–H groups in total. The molecule has 0 aliphatic carbocycles. The van der Waals surface area contributed by atoms with Crippen LogP contribution in [-0.2, 0) is 23.9 Å². The fourth-order valence-electron chi connectivity index (χ4n) is 6.72. The van der Waals surface area contributed by atoms with E-state index in [1.54, 1.807) is 42.2 Å². The molecule has 2 bridgehead atoms. The summed E-state index contributed by atoms with van der Waals surface area (Å²) in [7, 11) is 0. The van der Waals surface area contributed by atoms with Crippen LogP contribution >= 0.6 is 11.6 Å². The fraction of sp³-hybridized carbons (Fsp3) is 0.607. The number of carbonyl (C=O) groups is 3. The van der Waals surface area contributed by atoms with E-state index < -0.39 is 41.1 Å². The molecule has 2 amide bonds. The van der Waals surface area contributed by atoms with Crippen LogP contribution < -0.4 is 4.90 Å². The van der Waals surface area contributed by atoms with Gasteiger partial charge in [0.15, 0.2) is 0 Å². The van der Waals surface area contributed by atoms with E-state index in [2.05, 4.69) is 6.58 Å². The maximum Gasteiger partial charge on any atom is 0.312 e. The molecule has 2 unspecified atom stereocenters. The summed E-state index contributed by atoms with van der Waals surface area (Å²) in [6, 6.07) is 5.24. The Bertz CT molecular complexity index is 1060. The van der Waals surface area contributed by atoms with Crippen LogP contribution in [0.3, 0.4) is 0 Å². The summed E-state index contributed by atoms with van der Waals surface area (Å²) >= 11 is 6.10. The van der Waals surface area contributed by atoms with E-state index in [1.807, 2.05) is 20.8 Å². The largest absolute Gasteiger partial charge is 0.466 e. The maximum absolute atomic E-state index is 14.5. The first-order valence-electron chi connectivity index (χ1n) is 13.1. The standard InChI is InChI=1S/C28H37ClN2O6/c1-6-15-30(19-11-9-18(29)10-12-19)25(34)23-28-14-13-27(7-2,37-28)22(26(35)36-8-3)21(28)24(33)31(23)20(16-32)17(4)5/h6,9-12,17,20-23,32H,1,7-8,13-16H2,2-5H3/t20-,21-,22-,23?,27+,28?/m0/s1. The summed E-state index contributed by atoms with van der Waals surface area (Å²) in [6.45, 7) is 11.4. The van der Waals surface area contributed by atoms with Gasteiger partial charge in [-0.3, -0.25) is 14.4 Å². The van der Waals surface area contributed by atoms with Gasteiger partial charge in [0.25, 0.3) is 5.91 Å². The average molecular weight is 533 g/mol. The summed E-state index contributed by atoms with van der Waals surface area (Å²) in [5.41, 5.74) is -1.46. The summed E-state index contributed by atoms with van der Waals surface area (Å²) in [5.74, 6) is -2.96. The summed E-state index contributed by atoms with van der Waals surface area (Å²) in [4.78, 5) is 45.1. The van der Waals surface area contributed by atoms with Crippen molar-refractivity contribution in [2.45, 2.75) is 70.2 Å². The number of nitrogens with zero attached hydrogens (tertiary/aromatic N) is 2. The van der Waals surface area contributed by atoms with Gasteiger partial charge in [0.1, 0.15) is 17.6 Å². The monoisotopic (exact) mass is 532 g/mol. The second-order valence-corrected chi connectivity index (χ2v) is 11.0. The lowest BCUT2D eigenvalue weighted by atomic mass is 9.65. The lowest BCUT2D eigenvalue weighted by Gasteiger charge is -2.40. The molecule has 6 atom stereocenters. The van der Waals surface area contributed by atoms with Crippen LogP contribution in [0, 0.1) is 17.8 Å². The first-order chi connectivity index (χ1) is 17.6. The predicted octanol–water partition coefficient (Wildman–Crippen LogP) is 3.59. The normalized spacial score (nSPS) is 30.9. The highest BCUT2D eigenvalue weighted by atomic mass is 35.5. The third-order valence-electron chi connectivity index (χ3n) is 8.42. The number of aliphatic hydroxyl groups excluding tert-OH is 1. The molecule has 4 rings (SSSR count). The first-order valence-corrected chi connectivity index (χ1v) is 13.5. The Balaban J connectivity index is 1.88. The number of carbonyl (C=O) groups excluding carboxylic acids is 3. The highest BCUT2D eigenvalue weighted by Gasteiger charge is 2.79. The van der Waals surface area contributed by atoms with E-state index in [-0.39, 0.29) is 37.5 Å². The molecule has 9 heteroatoms. The summed E-state index contributed by atoms with van der Waals surface area (Å²) in [6.07, 6.45) is 3.14. The van der Waals surface area contributed by atoms with Crippen molar-refractivity contribution in [1.29, 1.82) is 0 Å². The van der Waals surface area contributed by atoms with Gasteiger partial charge >= 0.3 is 5.97 Å². The Kier molecular flexibility index (Phi) is 7.75. The molecule has 8 nitrogen and oxygen atoms in total. The number of benzene rings is 1. The Morgan fingerprint density at radius 2 is 1.97 bits per heavy atom. The molecule has 0 aromatic heterocycles. The van der Waals surface area contributed by atoms with Gasteiger partial charge in [-0.25, -0.2) is 0 Å². The molecule has 3 aliphatic rings. The molecule has 0 saturated carbocycles. The smallest absolute Gasteiger partial charge is 0.312 e. The number of amides is 2. The van der Waals surface area contributed by atoms with Crippen molar-refractivity contribution in [3.63, 3.8) is 0 Å². The number of likely N-dealkylation sites (tertiary alicyclic amines) is 1. The number of fused-ring (bicyclic) bond motifs is 1. The topological polar surface area (TPSA) is 96.4 Å². The van der Waals surface area contributed by atoms with Crippen molar-refractivity contribution in [2.24, 2.45) is 17.8 Å². The van der Waals surface area contributed by atoms with E-state index >= 15 is 0 Å². The molecule has 3 saturated heterocycles. The van der Waals surface area contributed by atoms with Gasteiger partial charge in [-0.15, -0.1) is 6.58 Å². The molecule has 1 aromatic rings. The van der Waals surface area contributed by atoms with Crippen LogP contribution in [0.4, 0.5) is 5.69 Å².